The van der Waals surface area contributed by atoms with Crippen molar-refractivity contribution < 1.29 is 9.53 Å². The van der Waals surface area contributed by atoms with Crippen molar-refractivity contribution in [1.29, 1.82) is 0 Å². The third kappa shape index (κ3) is 3.45. The molecule has 136 valence electrons. The fraction of sp³-hybridized carbons (Fsp3) is 0.208. The molecule has 0 radical (unpaired) electrons. The second-order valence-electron chi connectivity index (χ2n) is 6.73. The molecule has 0 fully saturated rings. The van der Waals surface area contributed by atoms with E-state index in [0.29, 0.717) is 13.2 Å². The van der Waals surface area contributed by atoms with Crippen LogP contribution in [0.4, 0.5) is 4.79 Å². The van der Waals surface area contributed by atoms with E-state index in [1.807, 2.05) is 36.1 Å². The Kier molecular flexibility index (Phi) is 4.93. The molecule has 3 heteroatoms. The molecule has 1 unspecified atom stereocenters. The predicted molar refractivity (Wildman–Crippen MR) is 108 cm³/mol. The van der Waals surface area contributed by atoms with Crippen LogP contribution in [0, 0.1) is 0 Å². The van der Waals surface area contributed by atoms with Crippen LogP contribution in [-0.4, -0.2) is 24.1 Å². The van der Waals surface area contributed by atoms with Crippen LogP contribution in [0.2, 0.25) is 0 Å². The number of hydrogen-bond acceptors (Lipinski definition) is 2. The van der Waals surface area contributed by atoms with E-state index in [2.05, 4.69) is 54.6 Å². The first-order valence-electron chi connectivity index (χ1n) is 9.44. The van der Waals surface area contributed by atoms with Gasteiger partial charge in [-0.2, -0.15) is 0 Å². The summed E-state index contributed by atoms with van der Waals surface area (Å²) in [6, 6.07) is 27.1. The van der Waals surface area contributed by atoms with Crippen molar-refractivity contribution in [3.05, 3.63) is 95.6 Å². The van der Waals surface area contributed by atoms with Crippen molar-refractivity contribution in [2.75, 3.05) is 13.2 Å². The maximum Gasteiger partial charge on any atom is 0.410 e. The van der Waals surface area contributed by atoms with E-state index in [-0.39, 0.29) is 12.1 Å². The van der Waals surface area contributed by atoms with Gasteiger partial charge in [0.1, 0.15) is 0 Å². The molecule has 0 aliphatic carbocycles. The summed E-state index contributed by atoms with van der Waals surface area (Å²) in [4.78, 5) is 14.4. The molecule has 1 heterocycles. The highest BCUT2D eigenvalue weighted by atomic mass is 16.6. The van der Waals surface area contributed by atoms with Crippen LogP contribution in [0.5, 0.6) is 0 Å². The fourth-order valence-electron chi connectivity index (χ4n) is 3.82. The first kappa shape index (κ1) is 17.3. The molecule has 0 saturated carbocycles. The molecule has 3 nitrogen and oxygen atoms in total. The maximum atomic E-state index is 12.6. The minimum atomic E-state index is -0.246. The van der Waals surface area contributed by atoms with Crippen molar-refractivity contribution in [2.45, 2.75) is 19.4 Å². The maximum absolute atomic E-state index is 12.6. The number of hydrogen-bond donors (Lipinski definition) is 0. The first-order valence-corrected chi connectivity index (χ1v) is 9.44. The van der Waals surface area contributed by atoms with E-state index in [9.17, 15) is 4.79 Å². The van der Waals surface area contributed by atoms with E-state index in [1.54, 1.807) is 0 Å². The Balaban J connectivity index is 1.72. The lowest BCUT2D eigenvalue weighted by Gasteiger charge is -2.37. The van der Waals surface area contributed by atoms with Crippen molar-refractivity contribution in [3.8, 4) is 11.1 Å². The Morgan fingerprint density at radius 1 is 0.926 bits per heavy atom. The molecule has 27 heavy (non-hydrogen) atoms. The smallest absolute Gasteiger partial charge is 0.410 e. The monoisotopic (exact) mass is 357 g/mol. The largest absolute Gasteiger partial charge is 0.450 e. The minimum absolute atomic E-state index is 0.112. The van der Waals surface area contributed by atoms with Crippen molar-refractivity contribution in [3.63, 3.8) is 0 Å². The summed E-state index contributed by atoms with van der Waals surface area (Å²) in [7, 11) is 0. The number of fused-ring (bicyclic) bond motifs is 1. The third-order valence-corrected chi connectivity index (χ3v) is 5.12. The van der Waals surface area contributed by atoms with Gasteiger partial charge in [-0.3, -0.25) is 4.90 Å². The van der Waals surface area contributed by atoms with Gasteiger partial charge in [-0.05, 0) is 41.2 Å². The van der Waals surface area contributed by atoms with Crippen LogP contribution in [0.15, 0.2) is 78.9 Å². The molecular weight excluding hydrogens is 334 g/mol. The van der Waals surface area contributed by atoms with Crippen molar-refractivity contribution >= 4 is 6.09 Å². The van der Waals surface area contributed by atoms with Gasteiger partial charge in [0, 0.05) is 6.54 Å². The zero-order valence-corrected chi connectivity index (χ0v) is 15.5. The zero-order valence-electron chi connectivity index (χ0n) is 15.5. The summed E-state index contributed by atoms with van der Waals surface area (Å²) < 4.78 is 5.33. The van der Waals surface area contributed by atoms with Crippen LogP contribution in [-0.2, 0) is 11.2 Å². The van der Waals surface area contributed by atoms with Gasteiger partial charge < -0.3 is 4.74 Å². The first-order chi connectivity index (χ1) is 13.3. The second-order valence-corrected chi connectivity index (χ2v) is 6.73. The standard InChI is InChI=1S/C24H23NO2/c1-2-27-24(26)25-17-16-20-10-6-7-11-22(20)23(25)21-14-12-19(13-15-21)18-8-4-3-5-9-18/h3-15,23H,2,16-17H2,1H3. The third-order valence-electron chi connectivity index (χ3n) is 5.12. The zero-order chi connectivity index (χ0) is 18.6. The molecule has 0 spiro atoms. The molecule has 1 aliphatic heterocycles. The van der Waals surface area contributed by atoms with Crippen molar-refractivity contribution in [2.24, 2.45) is 0 Å². The van der Waals surface area contributed by atoms with E-state index in [0.717, 1.165) is 12.0 Å². The fourth-order valence-corrected chi connectivity index (χ4v) is 3.82. The molecule has 1 atom stereocenters. The van der Waals surface area contributed by atoms with Gasteiger partial charge in [0.05, 0.1) is 12.6 Å². The molecule has 3 aromatic carbocycles. The highest BCUT2D eigenvalue weighted by Gasteiger charge is 2.32. The number of nitrogens with zero attached hydrogens (tertiary/aromatic N) is 1. The van der Waals surface area contributed by atoms with E-state index >= 15 is 0 Å². The summed E-state index contributed by atoms with van der Waals surface area (Å²) in [5.41, 5.74) is 5.95. The molecule has 1 aliphatic rings. The molecule has 3 aromatic rings. The molecule has 4 rings (SSSR count). The van der Waals surface area contributed by atoms with Crippen LogP contribution >= 0.6 is 0 Å². The summed E-state index contributed by atoms with van der Waals surface area (Å²) >= 11 is 0. The summed E-state index contributed by atoms with van der Waals surface area (Å²) in [6.07, 6.45) is 0.609. The molecular formula is C24H23NO2. The topological polar surface area (TPSA) is 29.5 Å². The molecule has 1 amide bonds. The normalized spacial score (nSPS) is 15.9. The number of carbonyl (C=O) groups is 1. The summed E-state index contributed by atoms with van der Waals surface area (Å²) in [6.45, 7) is 2.90. The summed E-state index contributed by atoms with van der Waals surface area (Å²) in [5, 5.41) is 0. The molecule has 0 saturated heterocycles. The second kappa shape index (κ2) is 7.67. The lowest BCUT2D eigenvalue weighted by atomic mass is 9.88. The number of benzene rings is 3. The Labute approximate surface area is 160 Å². The van der Waals surface area contributed by atoms with Crippen LogP contribution < -0.4 is 0 Å². The Bertz CT molecular complexity index is 919. The Hall–Kier alpha value is -3.07. The Morgan fingerprint density at radius 3 is 2.33 bits per heavy atom. The van der Waals surface area contributed by atoms with Gasteiger partial charge in [0.25, 0.3) is 0 Å². The number of rotatable bonds is 3. The lowest BCUT2D eigenvalue weighted by molar-refractivity contribution is 0.0937. The van der Waals surface area contributed by atoms with E-state index < -0.39 is 0 Å². The van der Waals surface area contributed by atoms with Gasteiger partial charge in [0.2, 0.25) is 0 Å². The van der Waals surface area contributed by atoms with E-state index in [4.69, 9.17) is 4.74 Å². The number of amides is 1. The quantitative estimate of drug-likeness (QED) is 0.623. The summed E-state index contributed by atoms with van der Waals surface area (Å²) in [5.74, 6) is 0. The van der Waals surface area contributed by atoms with Gasteiger partial charge in [-0.25, -0.2) is 4.79 Å². The Morgan fingerprint density at radius 2 is 1.59 bits per heavy atom. The van der Waals surface area contributed by atoms with Gasteiger partial charge in [-0.1, -0.05) is 78.9 Å². The average Bonchev–Trinajstić information content (AvgIpc) is 2.74. The average molecular weight is 357 g/mol. The SMILES string of the molecule is CCOC(=O)N1CCc2ccccc2C1c1ccc(-c2ccccc2)cc1. The molecule has 0 N–H and O–H groups in total. The molecule has 0 bridgehead atoms. The van der Waals surface area contributed by atoms with Gasteiger partial charge in [-0.15, -0.1) is 0 Å². The van der Waals surface area contributed by atoms with Crippen LogP contribution in [0.3, 0.4) is 0 Å². The van der Waals surface area contributed by atoms with Gasteiger partial charge >= 0.3 is 6.09 Å². The highest BCUT2D eigenvalue weighted by molar-refractivity contribution is 5.70. The molecule has 0 aromatic heterocycles. The van der Waals surface area contributed by atoms with Gasteiger partial charge in [0.15, 0.2) is 0 Å². The number of ether oxygens (including phenoxy) is 1. The highest BCUT2D eigenvalue weighted by Crippen LogP contribution is 2.36. The minimum Gasteiger partial charge on any atom is -0.450 e. The predicted octanol–water partition coefficient (Wildman–Crippen LogP) is 5.46. The van der Waals surface area contributed by atoms with E-state index in [1.165, 1.54) is 22.3 Å². The number of carbonyl (C=O) groups excluding carboxylic acids is 1. The lowest BCUT2D eigenvalue weighted by Crippen LogP contribution is -2.40. The van der Waals surface area contributed by atoms with Crippen molar-refractivity contribution in [1.82, 2.24) is 4.90 Å². The van der Waals surface area contributed by atoms with Crippen LogP contribution in [0.1, 0.15) is 29.7 Å². The van der Waals surface area contributed by atoms with Crippen LogP contribution in [0.25, 0.3) is 11.1 Å².